The molecule has 3 aliphatic heterocycles. The molecular weight excluding hydrogens is 396 g/mol. The first-order chi connectivity index (χ1) is 15.0. The summed E-state index contributed by atoms with van der Waals surface area (Å²) in [6.45, 7) is 12.8. The standard InChI is InChI=1S/C13H26N2.C4H10N2.2C3H6O2/c1(2-12-4-8-14-9-5-12)3-13-6-10-15-11-7-13;1-2-6-4-3-5-1;2*1-2-3(4)5/h12-15H,1-11H2;5-6H,1-4H2;2*2H2,1H3,(H,4,5). The van der Waals surface area contributed by atoms with Gasteiger partial charge in [-0.3, -0.25) is 9.59 Å². The van der Waals surface area contributed by atoms with Crippen LogP contribution in [0.15, 0.2) is 0 Å². The first kappa shape index (κ1) is 29.8. The third-order valence-electron chi connectivity index (χ3n) is 5.70. The summed E-state index contributed by atoms with van der Waals surface area (Å²) >= 11 is 0. The minimum Gasteiger partial charge on any atom is -0.481 e. The maximum absolute atomic E-state index is 9.37. The lowest BCUT2D eigenvalue weighted by Crippen LogP contribution is -2.39. The number of piperazine rings is 1. The molecule has 0 saturated carbocycles. The van der Waals surface area contributed by atoms with E-state index in [-0.39, 0.29) is 12.8 Å². The lowest BCUT2D eigenvalue weighted by molar-refractivity contribution is -0.137. The predicted octanol–water partition coefficient (Wildman–Crippen LogP) is 2.30. The van der Waals surface area contributed by atoms with Crippen LogP contribution in [0.1, 0.15) is 71.6 Å². The van der Waals surface area contributed by atoms with Crippen molar-refractivity contribution in [2.75, 3.05) is 52.4 Å². The minimum atomic E-state index is -0.745. The highest BCUT2D eigenvalue weighted by atomic mass is 16.4. The van der Waals surface area contributed by atoms with Gasteiger partial charge >= 0.3 is 11.9 Å². The third-order valence-corrected chi connectivity index (χ3v) is 5.70. The van der Waals surface area contributed by atoms with Crippen molar-refractivity contribution in [2.45, 2.75) is 71.6 Å². The van der Waals surface area contributed by atoms with E-state index in [9.17, 15) is 9.59 Å². The van der Waals surface area contributed by atoms with Crippen molar-refractivity contribution in [2.24, 2.45) is 11.8 Å². The fourth-order valence-electron chi connectivity index (χ4n) is 3.64. The molecule has 0 bridgehead atoms. The predicted molar refractivity (Wildman–Crippen MR) is 127 cm³/mol. The van der Waals surface area contributed by atoms with Crippen molar-refractivity contribution in [3.8, 4) is 0 Å². The molecule has 6 N–H and O–H groups in total. The number of aliphatic carboxylic acids is 2. The van der Waals surface area contributed by atoms with E-state index in [2.05, 4.69) is 21.3 Å². The molecule has 3 aliphatic rings. The highest BCUT2D eigenvalue weighted by Crippen LogP contribution is 2.23. The smallest absolute Gasteiger partial charge is 0.303 e. The number of piperidine rings is 2. The van der Waals surface area contributed by atoms with Crippen LogP contribution in [0.25, 0.3) is 0 Å². The van der Waals surface area contributed by atoms with Gasteiger partial charge in [-0.05, 0) is 63.7 Å². The van der Waals surface area contributed by atoms with Crippen molar-refractivity contribution < 1.29 is 19.8 Å². The molecule has 184 valence electrons. The topological polar surface area (TPSA) is 123 Å². The highest BCUT2D eigenvalue weighted by molar-refractivity contribution is 5.66. The second-order valence-corrected chi connectivity index (χ2v) is 8.31. The summed E-state index contributed by atoms with van der Waals surface area (Å²) in [5, 5.41) is 28.8. The first-order valence-corrected chi connectivity index (χ1v) is 12.3. The van der Waals surface area contributed by atoms with Crippen molar-refractivity contribution in [3.05, 3.63) is 0 Å². The Hall–Kier alpha value is -1.22. The van der Waals surface area contributed by atoms with E-state index in [1.807, 2.05) is 0 Å². The van der Waals surface area contributed by atoms with Crippen LogP contribution in [0.3, 0.4) is 0 Å². The molecule has 0 spiro atoms. The summed E-state index contributed by atoms with van der Waals surface area (Å²) in [5.74, 6) is 0.580. The highest BCUT2D eigenvalue weighted by Gasteiger charge is 2.15. The van der Waals surface area contributed by atoms with E-state index in [1.165, 1.54) is 71.1 Å². The van der Waals surface area contributed by atoms with Crippen molar-refractivity contribution in [3.63, 3.8) is 0 Å². The van der Waals surface area contributed by atoms with Gasteiger partial charge in [0.25, 0.3) is 0 Å². The van der Waals surface area contributed by atoms with Gasteiger partial charge in [0.05, 0.1) is 0 Å². The molecule has 0 unspecified atom stereocenters. The van der Waals surface area contributed by atoms with Crippen LogP contribution in [0.5, 0.6) is 0 Å². The summed E-state index contributed by atoms with van der Waals surface area (Å²) in [6, 6.07) is 0. The first-order valence-electron chi connectivity index (χ1n) is 12.3. The van der Waals surface area contributed by atoms with E-state index < -0.39 is 11.9 Å². The van der Waals surface area contributed by atoms with E-state index in [0.29, 0.717) is 0 Å². The van der Waals surface area contributed by atoms with Crippen molar-refractivity contribution in [1.29, 1.82) is 0 Å². The quantitative estimate of drug-likeness (QED) is 0.369. The number of carbonyl (C=O) groups is 2. The minimum absolute atomic E-state index is 0.222. The second-order valence-electron chi connectivity index (χ2n) is 8.31. The van der Waals surface area contributed by atoms with Crippen LogP contribution >= 0.6 is 0 Å². The fraction of sp³-hybridized carbons (Fsp3) is 0.913. The Labute approximate surface area is 189 Å². The van der Waals surface area contributed by atoms with Gasteiger partial charge in [0.2, 0.25) is 0 Å². The van der Waals surface area contributed by atoms with Crippen molar-refractivity contribution >= 4 is 11.9 Å². The maximum atomic E-state index is 9.37. The molecule has 0 atom stereocenters. The van der Waals surface area contributed by atoms with Crippen LogP contribution < -0.4 is 21.3 Å². The number of hydrogen-bond donors (Lipinski definition) is 6. The molecule has 0 aromatic carbocycles. The molecule has 3 fully saturated rings. The number of carboxylic acid groups (broad SMARTS) is 2. The van der Waals surface area contributed by atoms with Gasteiger partial charge in [-0.15, -0.1) is 0 Å². The van der Waals surface area contributed by atoms with Crippen LogP contribution in [-0.2, 0) is 9.59 Å². The Balaban J connectivity index is 0.000000464. The normalized spacial score (nSPS) is 19.4. The Morgan fingerprint density at radius 3 is 1.10 bits per heavy atom. The van der Waals surface area contributed by atoms with Crippen LogP contribution in [0.2, 0.25) is 0 Å². The zero-order valence-corrected chi connectivity index (χ0v) is 19.9. The van der Waals surface area contributed by atoms with E-state index in [1.54, 1.807) is 13.8 Å². The second kappa shape index (κ2) is 22.0. The van der Waals surface area contributed by atoms with E-state index in [0.717, 1.165) is 38.0 Å². The molecule has 3 heterocycles. The third kappa shape index (κ3) is 21.8. The molecule has 31 heavy (non-hydrogen) atoms. The molecule has 0 radical (unpaired) electrons. The number of nitrogens with one attached hydrogen (secondary N) is 4. The SMILES string of the molecule is C(CC1CCNCC1)CC1CCNCC1.C1CNCCN1.CCC(=O)O.CCC(=O)O. The molecule has 0 aromatic heterocycles. The Morgan fingerprint density at radius 1 is 0.613 bits per heavy atom. The van der Waals surface area contributed by atoms with Gasteiger partial charge < -0.3 is 31.5 Å². The number of hydrogen-bond acceptors (Lipinski definition) is 6. The average Bonchev–Trinajstić information content (AvgIpc) is 2.83. The molecule has 3 rings (SSSR count). The Kier molecular flexibility index (Phi) is 21.1. The Morgan fingerprint density at radius 2 is 0.871 bits per heavy atom. The van der Waals surface area contributed by atoms with E-state index >= 15 is 0 Å². The van der Waals surface area contributed by atoms with Crippen LogP contribution in [-0.4, -0.2) is 74.5 Å². The van der Waals surface area contributed by atoms with Gasteiger partial charge in [0.1, 0.15) is 0 Å². The van der Waals surface area contributed by atoms with Gasteiger partial charge in [0, 0.05) is 39.0 Å². The number of rotatable bonds is 6. The Bertz CT molecular complexity index is 378. The zero-order valence-electron chi connectivity index (χ0n) is 19.9. The monoisotopic (exact) mass is 444 g/mol. The summed E-state index contributed by atoms with van der Waals surface area (Å²) < 4.78 is 0. The zero-order chi connectivity index (χ0) is 23.2. The maximum Gasteiger partial charge on any atom is 0.303 e. The molecule has 0 amide bonds. The molecule has 8 nitrogen and oxygen atoms in total. The largest absolute Gasteiger partial charge is 0.481 e. The van der Waals surface area contributed by atoms with Crippen LogP contribution in [0.4, 0.5) is 0 Å². The van der Waals surface area contributed by atoms with E-state index in [4.69, 9.17) is 10.2 Å². The van der Waals surface area contributed by atoms with Gasteiger partial charge in [-0.25, -0.2) is 0 Å². The average molecular weight is 445 g/mol. The van der Waals surface area contributed by atoms with Crippen LogP contribution in [0, 0.1) is 11.8 Å². The summed E-state index contributed by atoms with van der Waals surface area (Å²) in [4.78, 5) is 18.7. The molecular formula is C23H48N4O4. The summed E-state index contributed by atoms with van der Waals surface area (Å²) in [5.41, 5.74) is 0. The molecule has 8 heteroatoms. The van der Waals surface area contributed by atoms with Crippen molar-refractivity contribution in [1.82, 2.24) is 21.3 Å². The lowest BCUT2D eigenvalue weighted by atomic mass is 9.87. The van der Waals surface area contributed by atoms with Gasteiger partial charge in [0.15, 0.2) is 0 Å². The molecule has 3 saturated heterocycles. The molecule has 0 aliphatic carbocycles. The summed E-state index contributed by atoms with van der Waals surface area (Å²) in [7, 11) is 0. The summed E-state index contributed by atoms with van der Waals surface area (Å²) in [6.07, 6.45) is 10.6. The lowest BCUT2D eigenvalue weighted by Gasteiger charge is -2.25. The number of carboxylic acids is 2. The fourth-order valence-corrected chi connectivity index (χ4v) is 3.64. The molecule has 0 aromatic rings. The van der Waals surface area contributed by atoms with Gasteiger partial charge in [-0.1, -0.05) is 33.1 Å². The van der Waals surface area contributed by atoms with Gasteiger partial charge in [-0.2, -0.15) is 0 Å².